The van der Waals surface area contributed by atoms with Crippen molar-refractivity contribution in [3.63, 3.8) is 0 Å². The Balaban J connectivity index is 2.02. The van der Waals surface area contributed by atoms with E-state index in [2.05, 4.69) is 12.1 Å². The normalized spacial score (nSPS) is 21.9. The van der Waals surface area contributed by atoms with Gasteiger partial charge in [-0.25, -0.2) is 0 Å². The molecule has 1 saturated heterocycles. The Morgan fingerprint density at radius 1 is 1.41 bits per heavy atom. The summed E-state index contributed by atoms with van der Waals surface area (Å²) >= 11 is 1.65. The van der Waals surface area contributed by atoms with Crippen LogP contribution < -0.4 is 5.73 Å². The van der Waals surface area contributed by atoms with Crippen LogP contribution in [-0.2, 0) is 4.79 Å². The van der Waals surface area contributed by atoms with Crippen LogP contribution >= 0.6 is 11.8 Å². The molecule has 1 aliphatic rings. The van der Waals surface area contributed by atoms with Crippen LogP contribution in [0.25, 0.3) is 0 Å². The first kappa shape index (κ1) is 12.5. The van der Waals surface area contributed by atoms with Crippen molar-refractivity contribution in [2.24, 2.45) is 5.73 Å². The summed E-state index contributed by atoms with van der Waals surface area (Å²) in [5.74, 6) is 0.242. The Morgan fingerprint density at radius 2 is 2.06 bits per heavy atom. The summed E-state index contributed by atoms with van der Waals surface area (Å²) in [5, 5.41) is 0.0844. The minimum absolute atomic E-state index is 0.0632. The highest BCUT2D eigenvalue weighted by Gasteiger charge is 2.29. The van der Waals surface area contributed by atoms with Gasteiger partial charge in [0.05, 0.1) is 5.25 Å². The van der Waals surface area contributed by atoms with Gasteiger partial charge in [-0.3, -0.25) is 4.79 Å². The number of amides is 1. The molecule has 1 heterocycles. The summed E-state index contributed by atoms with van der Waals surface area (Å²) in [6, 6.07) is 8.24. The SMILES string of the molecule is CC(N)c1ccc(SC2CCN(C)C2=O)cc1. The van der Waals surface area contributed by atoms with Crippen molar-refractivity contribution in [1.82, 2.24) is 4.90 Å². The third-order valence-electron chi connectivity index (χ3n) is 3.06. The van der Waals surface area contributed by atoms with Gasteiger partial charge in [-0.2, -0.15) is 0 Å². The minimum Gasteiger partial charge on any atom is -0.345 e. The van der Waals surface area contributed by atoms with Crippen LogP contribution in [0.4, 0.5) is 0 Å². The lowest BCUT2D eigenvalue weighted by Gasteiger charge is -2.11. The number of benzene rings is 1. The van der Waals surface area contributed by atoms with Crippen molar-refractivity contribution >= 4 is 17.7 Å². The Labute approximate surface area is 106 Å². The molecule has 2 rings (SSSR count). The first-order valence-corrected chi connectivity index (χ1v) is 6.73. The smallest absolute Gasteiger partial charge is 0.235 e. The lowest BCUT2D eigenvalue weighted by molar-refractivity contribution is -0.126. The quantitative estimate of drug-likeness (QED) is 0.893. The Morgan fingerprint density at radius 3 is 2.53 bits per heavy atom. The van der Waals surface area contributed by atoms with E-state index in [4.69, 9.17) is 5.73 Å². The van der Waals surface area contributed by atoms with Crippen molar-refractivity contribution in [1.29, 1.82) is 0 Å². The second kappa shape index (κ2) is 5.10. The van der Waals surface area contributed by atoms with E-state index >= 15 is 0 Å². The molecule has 0 aliphatic carbocycles. The van der Waals surface area contributed by atoms with Gasteiger partial charge in [0, 0.05) is 24.5 Å². The van der Waals surface area contributed by atoms with Gasteiger partial charge < -0.3 is 10.6 Å². The molecule has 1 amide bonds. The molecule has 92 valence electrons. The third-order valence-corrected chi connectivity index (χ3v) is 4.33. The molecule has 17 heavy (non-hydrogen) atoms. The largest absolute Gasteiger partial charge is 0.345 e. The summed E-state index contributed by atoms with van der Waals surface area (Å²) in [6.45, 7) is 2.84. The van der Waals surface area contributed by atoms with E-state index in [1.54, 1.807) is 16.7 Å². The number of rotatable bonds is 3. The van der Waals surface area contributed by atoms with E-state index in [1.807, 2.05) is 26.1 Å². The van der Waals surface area contributed by atoms with Gasteiger partial charge in [-0.05, 0) is 31.0 Å². The highest BCUT2D eigenvalue weighted by atomic mass is 32.2. The van der Waals surface area contributed by atoms with Gasteiger partial charge in [0.15, 0.2) is 0 Å². The molecule has 1 aliphatic heterocycles. The summed E-state index contributed by atoms with van der Waals surface area (Å²) in [6.07, 6.45) is 0.940. The van der Waals surface area contributed by atoms with Crippen molar-refractivity contribution in [2.45, 2.75) is 29.5 Å². The number of carbonyl (C=O) groups is 1. The second-order valence-electron chi connectivity index (χ2n) is 4.51. The second-order valence-corrected chi connectivity index (χ2v) is 5.79. The predicted octanol–water partition coefficient (Wildman–Crippen LogP) is 2.03. The lowest BCUT2D eigenvalue weighted by Crippen LogP contribution is -2.23. The van der Waals surface area contributed by atoms with E-state index in [1.165, 1.54) is 0 Å². The number of nitrogens with two attached hydrogens (primary N) is 1. The molecule has 2 atom stereocenters. The molecule has 0 radical (unpaired) electrons. The van der Waals surface area contributed by atoms with Crippen molar-refractivity contribution in [3.05, 3.63) is 29.8 Å². The molecule has 0 spiro atoms. The number of carbonyl (C=O) groups excluding carboxylic acids is 1. The summed E-state index contributed by atoms with van der Waals surface area (Å²) in [4.78, 5) is 14.7. The Kier molecular flexibility index (Phi) is 3.74. The maximum atomic E-state index is 11.8. The van der Waals surface area contributed by atoms with E-state index in [0.29, 0.717) is 0 Å². The monoisotopic (exact) mass is 250 g/mol. The zero-order chi connectivity index (χ0) is 12.4. The number of hydrogen-bond donors (Lipinski definition) is 1. The zero-order valence-corrected chi connectivity index (χ0v) is 11.0. The maximum absolute atomic E-state index is 11.8. The third kappa shape index (κ3) is 2.82. The number of likely N-dealkylation sites (tertiary alicyclic amines) is 1. The molecule has 2 N–H and O–H groups in total. The van der Waals surface area contributed by atoms with Gasteiger partial charge >= 0.3 is 0 Å². The topological polar surface area (TPSA) is 46.3 Å². The summed E-state index contributed by atoms with van der Waals surface area (Å²) in [7, 11) is 1.86. The molecule has 1 aromatic rings. The molecule has 0 saturated carbocycles. The van der Waals surface area contributed by atoms with Crippen LogP contribution in [0.3, 0.4) is 0 Å². The average molecular weight is 250 g/mol. The fraction of sp³-hybridized carbons (Fsp3) is 0.462. The van der Waals surface area contributed by atoms with E-state index in [0.717, 1.165) is 23.4 Å². The highest BCUT2D eigenvalue weighted by Crippen LogP contribution is 2.30. The molecular formula is C13H18N2OS. The lowest BCUT2D eigenvalue weighted by atomic mass is 10.1. The summed E-state index contributed by atoms with van der Waals surface area (Å²) < 4.78 is 0. The molecule has 2 unspecified atom stereocenters. The molecular weight excluding hydrogens is 232 g/mol. The predicted molar refractivity (Wildman–Crippen MR) is 70.9 cm³/mol. The number of nitrogens with zero attached hydrogens (tertiary/aromatic N) is 1. The summed E-state index contributed by atoms with van der Waals surface area (Å²) in [5.41, 5.74) is 6.93. The van der Waals surface area contributed by atoms with Gasteiger partial charge in [0.25, 0.3) is 0 Å². The van der Waals surface area contributed by atoms with E-state index in [9.17, 15) is 4.79 Å². The van der Waals surface area contributed by atoms with Gasteiger partial charge in [-0.1, -0.05) is 12.1 Å². The first-order valence-electron chi connectivity index (χ1n) is 5.85. The average Bonchev–Trinajstić information content (AvgIpc) is 2.62. The number of hydrogen-bond acceptors (Lipinski definition) is 3. The van der Waals surface area contributed by atoms with E-state index in [-0.39, 0.29) is 17.2 Å². The van der Waals surface area contributed by atoms with Crippen molar-refractivity contribution in [2.75, 3.05) is 13.6 Å². The van der Waals surface area contributed by atoms with Crippen molar-refractivity contribution in [3.8, 4) is 0 Å². The van der Waals surface area contributed by atoms with Gasteiger partial charge in [0.2, 0.25) is 5.91 Å². The van der Waals surface area contributed by atoms with Crippen LogP contribution in [0.2, 0.25) is 0 Å². The Hall–Kier alpha value is -1.00. The molecule has 3 nitrogen and oxygen atoms in total. The molecule has 1 aromatic carbocycles. The fourth-order valence-corrected chi connectivity index (χ4v) is 3.04. The first-order chi connectivity index (χ1) is 8.08. The van der Waals surface area contributed by atoms with Crippen LogP contribution in [0, 0.1) is 0 Å². The molecule has 1 fully saturated rings. The van der Waals surface area contributed by atoms with Crippen LogP contribution in [-0.4, -0.2) is 29.6 Å². The number of thioether (sulfide) groups is 1. The van der Waals surface area contributed by atoms with Crippen LogP contribution in [0.1, 0.15) is 24.9 Å². The van der Waals surface area contributed by atoms with Gasteiger partial charge in [-0.15, -0.1) is 11.8 Å². The van der Waals surface area contributed by atoms with E-state index < -0.39 is 0 Å². The maximum Gasteiger partial charge on any atom is 0.235 e. The minimum atomic E-state index is 0.0632. The van der Waals surface area contributed by atoms with Crippen LogP contribution in [0.15, 0.2) is 29.2 Å². The molecule has 0 bridgehead atoms. The molecule has 4 heteroatoms. The Bertz CT molecular complexity index is 402. The molecule has 0 aromatic heterocycles. The highest BCUT2D eigenvalue weighted by molar-refractivity contribution is 8.00. The fourth-order valence-electron chi connectivity index (χ4n) is 1.91. The van der Waals surface area contributed by atoms with Crippen LogP contribution in [0.5, 0.6) is 0 Å². The van der Waals surface area contributed by atoms with Crippen molar-refractivity contribution < 1.29 is 4.79 Å². The van der Waals surface area contributed by atoms with Gasteiger partial charge in [0.1, 0.15) is 0 Å². The standard InChI is InChI=1S/C13H18N2OS/c1-9(14)10-3-5-11(6-4-10)17-12-7-8-15(2)13(12)16/h3-6,9,12H,7-8,14H2,1-2H3. The zero-order valence-electron chi connectivity index (χ0n) is 10.2.